The molecule has 278 valence electrons. The molecule has 1 N–H and O–H groups in total. The van der Waals surface area contributed by atoms with E-state index >= 15 is 0 Å². The first-order valence-electron chi connectivity index (χ1n) is 20.3. The van der Waals surface area contributed by atoms with Crippen molar-refractivity contribution in [1.29, 1.82) is 0 Å². The van der Waals surface area contributed by atoms with Gasteiger partial charge in [-0.2, -0.15) is 0 Å². The molecule has 47 heavy (non-hydrogen) atoms. The van der Waals surface area contributed by atoms with Crippen molar-refractivity contribution in [3.8, 4) is 0 Å². The fourth-order valence-electron chi connectivity index (χ4n) is 8.30. The standard InChI is InChI=1S/C38H71NO5.C3H8/c1-5-33(6-2)19-25-44-36(41)18-14-10-9-12-16-21-39(22-23-40)20-15-11-7-8-13-17-24-43-37(42)31-38(4)29-34-26-32(3)27-35(28-34)30-38;1-3-2/h32-35,40H,5-31H2,1-4H3;3H2,1-2H3. The van der Waals surface area contributed by atoms with Gasteiger partial charge in [0.25, 0.3) is 0 Å². The average Bonchev–Trinajstić information content (AvgIpc) is 3.01. The van der Waals surface area contributed by atoms with E-state index in [1.165, 1.54) is 70.6 Å². The number of esters is 2. The summed E-state index contributed by atoms with van der Waals surface area (Å²) < 4.78 is 11.1. The SMILES string of the molecule is CCC.CCC(CC)CCOC(=O)CCCCCCCN(CCO)CCCCCCCCOC(=O)CC1(C)CC2CC(C)CC(C2)C1. The van der Waals surface area contributed by atoms with Crippen LogP contribution in [0.1, 0.15) is 183 Å². The minimum Gasteiger partial charge on any atom is -0.466 e. The Morgan fingerprint density at radius 2 is 1.23 bits per heavy atom. The summed E-state index contributed by atoms with van der Waals surface area (Å²) in [6, 6.07) is 0. The van der Waals surface area contributed by atoms with E-state index in [0.717, 1.165) is 95.2 Å². The number of carbonyl (C=O) groups excluding carboxylic acids is 2. The maximum absolute atomic E-state index is 12.6. The number of unbranched alkanes of at least 4 members (excludes halogenated alkanes) is 9. The second-order valence-corrected chi connectivity index (χ2v) is 15.8. The van der Waals surface area contributed by atoms with Crippen LogP contribution in [0.15, 0.2) is 0 Å². The van der Waals surface area contributed by atoms with Crippen LogP contribution in [-0.4, -0.2) is 61.4 Å². The molecular weight excluding hydrogens is 586 g/mol. The first-order valence-corrected chi connectivity index (χ1v) is 20.3. The predicted octanol–water partition coefficient (Wildman–Crippen LogP) is 10.5. The minimum atomic E-state index is -0.0378. The molecule has 2 unspecified atom stereocenters. The molecule has 6 nitrogen and oxygen atoms in total. The molecule has 2 atom stereocenters. The fourth-order valence-corrected chi connectivity index (χ4v) is 8.30. The van der Waals surface area contributed by atoms with Crippen LogP contribution < -0.4 is 0 Å². The number of fused-ring (bicyclic) bond motifs is 2. The van der Waals surface area contributed by atoms with Crippen LogP contribution in [-0.2, 0) is 19.1 Å². The number of hydrogen-bond acceptors (Lipinski definition) is 6. The lowest BCUT2D eigenvalue weighted by Crippen LogP contribution is -2.37. The van der Waals surface area contributed by atoms with Gasteiger partial charge < -0.3 is 19.5 Å². The smallest absolute Gasteiger partial charge is 0.306 e. The van der Waals surface area contributed by atoms with Crippen molar-refractivity contribution in [3.05, 3.63) is 0 Å². The maximum atomic E-state index is 12.6. The van der Waals surface area contributed by atoms with Gasteiger partial charge >= 0.3 is 11.9 Å². The summed E-state index contributed by atoms with van der Waals surface area (Å²) in [6.45, 7) is 17.6. The second-order valence-electron chi connectivity index (χ2n) is 15.8. The van der Waals surface area contributed by atoms with Crippen molar-refractivity contribution in [1.82, 2.24) is 4.90 Å². The first kappa shape index (κ1) is 43.9. The van der Waals surface area contributed by atoms with Crippen molar-refractivity contribution in [2.24, 2.45) is 29.1 Å². The highest BCUT2D eigenvalue weighted by atomic mass is 16.5. The van der Waals surface area contributed by atoms with Gasteiger partial charge in [-0.05, 0) is 106 Å². The predicted molar refractivity (Wildman–Crippen MR) is 197 cm³/mol. The molecule has 0 aliphatic heterocycles. The molecule has 0 amide bonds. The molecule has 2 rings (SSSR count). The average molecular weight is 666 g/mol. The molecule has 2 saturated carbocycles. The monoisotopic (exact) mass is 666 g/mol. The van der Waals surface area contributed by atoms with Gasteiger partial charge in [-0.15, -0.1) is 0 Å². The van der Waals surface area contributed by atoms with Gasteiger partial charge in [0.1, 0.15) is 0 Å². The van der Waals surface area contributed by atoms with Gasteiger partial charge in [0.05, 0.1) is 26.2 Å². The van der Waals surface area contributed by atoms with Gasteiger partial charge in [-0.25, -0.2) is 0 Å². The molecule has 0 heterocycles. The molecule has 0 aromatic heterocycles. The zero-order chi connectivity index (χ0) is 34.8. The molecular formula is C41H79NO5. The number of carbonyl (C=O) groups is 2. The van der Waals surface area contributed by atoms with Crippen molar-refractivity contribution in [3.63, 3.8) is 0 Å². The summed E-state index contributed by atoms with van der Waals surface area (Å²) in [5.41, 5.74) is 0.151. The largest absolute Gasteiger partial charge is 0.466 e. The molecule has 0 spiro atoms. The highest BCUT2D eigenvalue weighted by molar-refractivity contribution is 5.70. The molecule has 2 aliphatic rings. The Hall–Kier alpha value is -1.14. The summed E-state index contributed by atoms with van der Waals surface area (Å²) in [7, 11) is 0. The van der Waals surface area contributed by atoms with E-state index in [4.69, 9.17) is 9.47 Å². The molecule has 0 aromatic rings. The molecule has 2 bridgehead atoms. The van der Waals surface area contributed by atoms with Gasteiger partial charge in [-0.3, -0.25) is 9.59 Å². The molecule has 6 heteroatoms. The number of nitrogens with zero attached hydrogens (tertiary/aromatic N) is 1. The summed E-state index contributed by atoms with van der Waals surface area (Å²) in [5.74, 6) is 3.16. The van der Waals surface area contributed by atoms with Crippen LogP contribution in [0.4, 0.5) is 0 Å². The molecule has 2 aliphatic carbocycles. The third kappa shape index (κ3) is 22.2. The number of rotatable bonds is 26. The fraction of sp³-hybridized carbons (Fsp3) is 0.951. The van der Waals surface area contributed by atoms with Crippen LogP contribution in [0.25, 0.3) is 0 Å². The molecule has 0 radical (unpaired) electrons. The number of ether oxygens (including phenoxy) is 2. The first-order chi connectivity index (χ1) is 22.7. The quantitative estimate of drug-likeness (QED) is 0.0732. The Balaban J connectivity index is 0.00000354. The summed E-state index contributed by atoms with van der Waals surface area (Å²) in [5, 5.41) is 9.47. The lowest BCUT2D eigenvalue weighted by Gasteiger charge is -2.47. The van der Waals surface area contributed by atoms with Crippen molar-refractivity contribution in [2.45, 2.75) is 183 Å². The summed E-state index contributed by atoms with van der Waals surface area (Å²) in [6.07, 6.45) is 24.6. The summed E-state index contributed by atoms with van der Waals surface area (Å²) >= 11 is 0. The van der Waals surface area contributed by atoms with Crippen LogP contribution >= 0.6 is 0 Å². The van der Waals surface area contributed by atoms with Crippen LogP contribution in [0.3, 0.4) is 0 Å². The van der Waals surface area contributed by atoms with E-state index < -0.39 is 0 Å². The van der Waals surface area contributed by atoms with Crippen LogP contribution in [0.5, 0.6) is 0 Å². The van der Waals surface area contributed by atoms with E-state index in [9.17, 15) is 14.7 Å². The van der Waals surface area contributed by atoms with Crippen molar-refractivity contribution < 1.29 is 24.2 Å². The van der Waals surface area contributed by atoms with Gasteiger partial charge in [0.15, 0.2) is 0 Å². The minimum absolute atomic E-state index is 0.0208. The highest BCUT2D eigenvalue weighted by Gasteiger charge is 2.42. The zero-order valence-electron chi connectivity index (χ0n) is 32.1. The van der Waals surface area contributed by atoms with Crippen LogP contribution in [0.2, 0.25) is 0 Å². The van der Waals surface area contributed by atoms with Crippen LogP contribution in [0, 0.1) is 29.1 Å². The number of aliphatic hydroxyl groups excluding tert-OH is 1. The Morgan fingerprint density at radius 3 is 1.79 bits per heavy atom. The topological polar surface area (TPSA) is 76.1 Å². The number of aliphatic hydroxyl groups is 1. The van der Waals surface area contributed by atoms with Crippen molar-refractivity contribution in [2.75, 3.05) is 39.5 Å². The Kier molecular flexibility index (Phi) is 25.8. The van der Waals surface area contributed by atoms with E-state index in [2.05, 4.69) is 46.4 Å². The van der Waals surface area contributed by atoms with Gasteiger partial charge in [-0.1, -0.05) is 106 Å². The third-order valence-electron chi connectivity index (χ3n) is 10.6. The highest BCUT2D eigenvalue weighted by Crippen LogP contribution is 2.51. The summed E-state index contributed by atoms with van der Waals surface area (Å²) in [4.78, 5) is 26.9. The lowest BCUT2D eigenvalue weighted by molar-refractivity contribution is -0.148. The van der Waals surface area contributed by atoms with E-state index in [1.807, 2.05) is 0 Å². The maximum Gasteiger partial charge on any atom is 0.306 e. The van der Waals surface area contributed by atoms with Gasteiger partial charge in [0, 0.05) is 13.0 Å². The Morgan fingerprint density at radius 1 is 0.723 bits per heavy atom. The zero-order valence-corrected chi connectivity index (χ0v) is 32.1. The second kappa shape index (κ2) is 27.7. The van der Waals surface area contributed by atoms with Crippen molar-refractivity contribution >= 4 is 11.9 Å². The lowest BCUT2D eigenvalue weighted by atomic mass is 9.58. The number of hydrogen-bond donors (Lipinski definition) is 1. The molecule has 0 saturated heterocycles. The normalized spacial score (nSPS) is 22.2. The van der Waals surface area contributed by atoms with E-state index in [0.29, 0.717) is 32.0 Å². The molecule has 2 fully saturated rings. The Bertz CT molecular complexity index is 751. The van der Waals surface area contributed by atoms with Gasteiger partial charge in [0.2, 0.25) is 0 Å². The molecule has 0 aromatic carbocycles. The van der Waals surface area contributed by atoms with E-state index in [1.54, 1.807) is 0 Å². The third-order valence-corrected chi connectivity index (χ3v) is 10.6. The Labute approximate surface area is 291 Å². The van der Waals surface area contributed by atoms with E-state index in [-0.39, 0.29) is 24.0 Å².